The van der Waals surface area contributed by atoms with Crippen LogP contribution in [0.5, 0.6) is 5.75 Å². The Bertz CT molecular complexity index is 1710. The average molecular weight is 616 g/mol. The Morgan fingerprint density at radius 2 is 1.52 bits per heavy atom. The maximum atomic E-state index is 14.3. The number of nitrogens with zero attached hydrogens (tertiary/aromatic N) is 1. The van der Waals surface area contributed by atoms with Gasteiger partial charge in [-0.05, 0) is 71.8 Å². The predicted molar refractivity (Wildman–Crippen MR) is 153 cm³/mol. The second-order valence-electron chi connectivity index (χ2n) is 8.86. The molecule has 204 valence electrons. The first-order valence-corrected chi connectivity index (χ1v) is 14.4. The molecule has 0 heterocycles. The van der Waals surface area contributed by atoms with E-state index in [1.165, 1.54) is 78.9 Å². The van der Waals surface area contributed by atoms with Crippen LogP contribution in [0.15, 0.2) is 95.9 Å². The van der Waals surface area contributed by atoms with Gasteiger partial charge in [0.25, 0.3) is 5.91 Å². The molecule has 0 bridgehead atoms. The molecule has 40 heavy (non-hydrogen) atoms. The van der Waals surface area contributed by atoms with E-state index < -0.39 is 33.1 Å². The Morgan fingerprint density at radius 1 is 0.925 bits per heavy atom. The molecular formula is C29H21Cl3N2O5S. The number of carbonyl (C=O) groups excluding carboxylic acids is 1. The zero-order valence-corrected chi connectivity index (χ0v) is 23.6. The van der Waals surface area contributed by atoms with E-state index in [0.29, 0.717) is 10.0 Å². The van der Waals surface area contributed by atoms with Gasteiger partial charge in [-0.2, -0.15) is 5.26 Å². The van der Waals surface area contributed by atoms with Crippen LogP contribution < -0.4 is 5.32 Å². The third-order valence-corrected chi connectivity index (χ3v) is 9.34. The minimum Gasteiger partial charge on any atom is -0.507 e. The SMILES string of the molecule is N#Cc1ccc(C(C(O)(CNC(=O)c2ccccc2O)c2ccc(Cl)cc2)S(=O)(=O)c2ccc(Cl)cc2)cc1Cl. The second-order valence-corrected chi connectivity index (χ2v) is 12.2. The maximum absolute atomic E-state index is 14.3. The molecule has 0 fully saturated rings. The second kappa shape index (κ2) is 11.9. The number of amides is 1. The number of aliphatic hydroxyl groups is 1. The van der Waals surface area contributed by atoms with E-state index in [0.717, 1.165) is 0 Å². The lowest BCUT2D eigenvalue weighted by molar-refractivity contribution is 0.0298. The summed E-state index contributed by atoms with van der Waals surface area (Å²) in [6.45, 7) is -0.600. The normalized spacial score (nSPS) is 13.6. The number of aromatic hydroxyl groups is 1. The molecule has 4 rings (SSSR count). The zero-order chi connectivity index (χ0) is 29.1. The molecule has 0 aliphatic carbocycles. The van der Waals surface area contributed by atoms with Crippen LogP contribution in [0.4, 0.5) is 0 Å². The first kappa shape index (κ1) is 29.4. The van der Waals surface area contributed by atoms with Gasteiger partial charge in [-0.25, -0.2) is 8.42 Å². The van der Waals surface area contributed by atoms with Crippen molar-refractivity contribution in [3.63, 3.8) is 0 Å². The van der Waals surface area contributed by atoms with Gasteiger partial charge in [-0.1, -0.05) is 65.1 Å². The Labute approximate surface area is 246 Å². The largest absolute Gasteiger partial charge is 0.507 e. The van der Waals surface area contributed by atoms with E-state index in [-0.39, 0.29) is 37.9 Å². The molecule has 4 aromatic carbocycles. The summed E-state index contributed by atoms with van der Waals surface area (Å²) in [5.41, 5.74) is -2.08. The van der Waals surface area contributed by atoms with Crippen LogP contribution in [0, 0.1) is 11.3 Å². The molecule has 1 amide bonds. The summed E-state index contributed by atoms with van der Waals surface area (Å²) in [6.07, 6.45) is 0. The number of benzene rings is 4. The van der Waals surface area contributed by atoms with Crippen molar-refractivity contribution >= 4 is 50.5 Å². The number of rotatable bonds is 8. The number of phenolic OH excluding ortho intramolecular Hbond substituents is 1. The minimum absolute atomic E-state index is 0.0204. The number of carbonyl (C=O) groups is 1. The molecule has 0 radical (unpaired) electrons. The Hall–Kier alpha value is -3.58. The van der Waals surface area contributed by atoms with Crippen molar-refractivity contribution in [2.45, 2.75) is 15.7 Å². The van der Waals surface area contributed by atoms with Crippen LogP contribution in [0.1, 0.15) is 32.3 Å². The lowest BCUT2D eigenvalue weighted by Crippen LogP contribution is -2.47. The van der Waals surface area contributed by atoms with Gasteiger partial charge in [0.2, 0.25) is 0 Å². The van der Waals surface area contributed by atoms with Gasteiger partial charge in [-0.3, -0.25) is 4.79 Å². The first-order chi connectivity index (χ1) is 19.0. The van der Waals surface area contributed by atoms with E-state index in [1.54, 1.807) is 12.1 Å². The molecule has 0 saturated carbocycles. The Morgan fingerprint density at radius 3 is 2.10 bits per heavy atom. The number of halogens is 3. The summed E-state index contributed by atoms with van der Waals surface area (Å²) < 4.78 is 28.6. The first-order valence-electron chi connectivity index (χ1n) is 11.7. The Balaban J connectivity index is 1.93. The van der Waals surface area contributed by atoms with E-state index >= 15 is 0 Å². The molecule has 7 nitrogen and oxygen atoms in total. The smallest absolute Gasteiger partial charge is 0.255 e. The van der Waals surface area contributed by atoms with Gasteiger partial charge < -0.3 is 15.5 Å². The summed E-state index contributed by atoms with van der Waals surface area (Å²) in [4.78, 5) is 12.9. The van der Waals surface area contributed by atoms with Crippen LogP contribution in [-0.2, 0) is 15.4 Å². The number of hydrogen-bond donors (Lipinski definition) is 3. The molecule has 11 heteroatoms. The number of hydrogen-bond acceptors (Lipinski definition) is 6. The molecule has 3 N–H and O–H groups in total. The number of nitrogens with one attached hydrogen (secondary N) is 1. The number of para-hydroxylation sites is 1. The van der Waals surface area contributed by atoms with Crippen molar-refractivity contribution < 1.29 is 23.4 Å². The summed E-state index contributed by atoms with van der Waals surface area (Å²) in [7, 11) is -4.43. The van der Waals surface area contributed by atoms with Crippen molar-refractivity contribution in [3.05, 3.63) is 128 Å². The van der Waals surface area contributed by atoms with Crippen molar-refractivity contribution in [3.8, 4) is 11.8 Å². The zero-order valence-electron chi connectivity index (χ0n) is 20.6. The Kier molecular flexibility index (Phi) is 8.74. The molecule has 2 unspecified atom stereocenters. The number of phenols is 1. The fourth-order valence-corrected chi connectivity index (χ4v) is 6.83. The molecule has 0 saturated heterocycles. The summed E-state index contributed by atoms with van der Waals surface area (Å²) in [5.74, 6) is -1.04. The monoisotopic (exact) mass is 614 g/mol. The standard InChI is InChI=1S/C29H21Cl3N2O5S/c30-21-9-7-20(8-10-21)29(37,17-34-28(36)24-3-1-2-4-26(24)35)27(18-5-6-19(16-33)25(32)15-18)40(38,39)23-13-11-22(31)12-14-23/h1-15,27,35,37H,17H2,(H,34,36). The highest BCUT2D eigenvalue weighted by atomic mass is 35.5. The quantitative estimate of drug-likeness (QED) is 0.221. The molecule has 0 aliphatic rings. The highest BCUT2D eigenvalue weighted by Crippen LogP contribution is 2.45. The van der Waals surface area contributed by atoms with Crippen molar-refractivity contribution in [2.75, 3.05) is 6.54 Å². The van der Waals surface area contributed by atoms with Crippen LogP contribution in [0.25, 0.3) is 0 Å². The van der Waals surface area contributed by atoms with Crippen molar-refractivity contribution in [1.29, 1.82) is 5.26 Å². The van der Waals surface area contributed by atoms with Gasteiger partial charge in [0, 0.05) is 10.0 Å². The topological polar surface area (TPSA) is 127 Å². The van der Waals surface area contributed by atoms with E-state index in [1.807, 2.05) is 6.07 Å². The lowest BCUT2D eigenvalue weighted by atomic mass is 9.86. The van der Waals surface area contributed by atoms with Crippen LogP contribution in [-0.4, -0.2) is 31.1 Å². The molecule has 2 atom stereocenters. The average Bonchev–Trinajstić information content (AvgIpc) is 2.92. The summed E-state index contributed by atoms with van der Waals surface area (Å²) in [5, 5.41) is 33.3. The molecule has 0 spiro atoms. The van der Waals surface area contributed by atoms with Crippen molar-refractivity contribution in [1.82, 2.24) is 5.32 Å². The van der Waals surface area contributed by atoms with Crippen molar-refractivity contribution in [2.24, 2.45) is 0 Å². The summed E-state index contributed by atoms with van der Waals surface area (Å²) >= 11 is 18.4. The maximum Gasteiger partial charge on any atom is 0.255 e. The van der Waals surface area contributed by atoms with Crippen LogP contribution in [0.3, 0.4) is 0 Å². The van der Waals surface area contributed by atoms with Gasteiger partial charge in [0.1, 0.15) is 22.7 Å². The van der Waals surface area contributed by atoms with Gasteiger partial charge in [0.15, 0.2) is 9.84 Å². The van der Waals surface area contributed by atoms with Crippen LogP contribution in [0.2, 0.25) is 15.1 Å². The van der Waals surface area contributed by atoms with E-state index in [2.05, 4.69) is 5.32 Å². The lowest BCUT2D eigenvalue weighted by Gasteiger charge is -2.37. The predicted octanol–water partition coefficient (Wildman–Crippen LogP) is 6.06. The van der Waals surface area contributed by atoms with Gasteiger partial charge >= 0.3 is 0 Å². The van der Waals surface area contributed by atoms with E-state index in [9.17, 15) is 28.7 Å². The fraction of sp³-hybridized carbons (Fsp3) is 0.103. The molecule has 0 aromatic heterocycles. The fourth-order valence-electron chi connectivity index (χ4n) is 4.32. The molecule has 4 aromatic rings. The van der Waals surface area contributed by atoms with E-state index in [4.69, 9.17) is 34.8 Å². The third-order valence-electron chi connectivity index (χ3n) is 6.31. The highest BCUT2D eigenvalue weighted by Gasteiger charge is 2.48. The van der Waals surface area contributed by atoms with Gasteiger partial charge in [-0.15, -0.1) is 0 Å². The summed E-state index contributed by atoms with van der Waals surface area (Å²) in [6, 6.07) is 23.0. The molecular weight excluding hydrogens is 595 g/mol. The minimum atomic E-state index is -4.43. The molecule has 0 aliphatic heterocycles. The number of sulfone groups is 1. The number of nitriles is 1. The van der Waals surface area contributed by atoms with Gasteiger partial charge in [0.05, 0.1) is 27.6 Å². The third kappa shape index (κ3) is 5.94. The highest BCUT2D eigenvalue weighted by molar-refractivity contribution is 7.91. The van der Waals surface area contributed by atoms with Crippen LogP contribution >= 0.6 is 34.8 Å².